The standard InChI is InChI=1S/C16H27ClN2O2/c1-11(2)19-13(12(17)10-18-19)14(20)16(21-5)8-6-15(3,4)7-9-16/h10-11,14,20H,6-9H2,1-5H3. The van der Waals surface area contributed by atoms with Gasteiger partial charge in [0, 0.05) is 13.2 Å². The molecule has 0 spiro atoms. The quantitative estimate of drug-likeness (QED) is 0.908. The molecule has 1 fully saturated rings. The summed E-state index contributed by atoms with van der Waals surface area (Å²) in [5, 5.41) is 15.8. The Morgan fingerprint density at radius 1 is 1.29 bits per heavy atom. The fourth-order valence-corrected chi connectivity index (χ4v) is 3.44. The van der Waals surface area contributed by atoms with Crippen molar-refractivity contribution in [2.24, 2.45) is 5.41 Å². The highest BCUT2D eigenvalue weighted by atomic mass is 35.5. The molecule has 21 heavy (non-hydrogen) atoms. The number of ether oxygens (including phenoxy) is 1. The first-order valence-electron chi connectivity index (χ1n) is 7.68. The van der Waals surface area contributed by atoms with Crippen LogP contribution in [0, 0.1) is 5.41 Å². The molecule has 1 N–H and O–H groups in total. The number of halogens is 1. The summed E-state index contributed by atoms with van der Waals surface area (Å²) in [5.41, 5.74) is 0.420. The highest BCUT2D eigenvalue weighted by molar-refractivity contribution is 6.31. The van der Waals surface area contributed by atoms with Gasteiger partial charge in [-0.05, 0) is 44.9 Å². The molecule has 1 heterocycles. The van der Waals surface area contributed by atoms with E-state index in [1.807, 2.05) is 13.8 Å². The van der Waals surface area contributed by atoms with Crippen molar-refractivity contribution in [2.45, 2.75) is 71.1 Å². The molecule has 1 unspecified atom stereocenters. The molecular formula is C16H27ClN2O2. The average molecular weight is 315 g/mol. The predicted octanol–water partition coefficient (Wildman–Crippen LogP) is 4.14. The Kier molecular flexibility index (Phi) is 4.72. The summed E-state index contributed by atoms with van der Waals surface area (Å²) in [4.78, 5) is 0. The van der Waals surface area contributed by atoms with Crippen LogP contribution in [-0.4, -0.2) is 27.6 Å². The molecule has 120 valence electrons. The molecule has 2 rings (SSSR count). The maximum atomic E-state index is 11.0. The molecule has 1 saturated carbocycles. The summed E-state index contributed by atoms with van der Waals surface area (Å²) in [6.07, 6.45) is 4.58. The number of aromatic nitrogens is 2. The zero-order chi connectivity index (χ0) is 15.8. The lowest BCUT2D eigenvalue weighted by Gasteiger charge is -2.45. The van der Waals surface area contributed by atoms with E-state index >= 15 is 0 Å². The van der Waals surface area contributed by atoms with E-state index in [1.54, 1.807) is 18.0 Å². The van der Waals surface area contributed by atoms with Crippen LogP contribution in [0.1, 0.15) is 71.2 Å². The Labute approximate surface area is 132 Å². The Morgan fingerprint density at radius 3 is 2.33 bits per heavy atom. The molecule has 1 aliphatic carbocycles. The van der Waals surface area contributed by atoms with Crippen LogP contribution in [0.4, 0.5) is 0 Å². The van der Waals surface area contributed by atoms with Gasteiger partial charge in [0.25, 0.3) is 0 Å². The van der Waals surface area contributed by atoms with Crippen LogP contribution >= 0.6 is 11.6 Å². The van der Waals surface area contributed by atoms with Gasteiger partial charge in [-0.2, -0.15) is 5.10 Å². The van der Waals surface area contributed by atoms with Crippen molar-refractivity contribution in [2.75, 3.05) is 7.11 Å². The minimum absolute atomic E-state index is 0.149. The van der Waals surface area contributed by atoms with E-state index in [4.69, 9.17) is 16.3 Å². The molecule has 1 aromatic rings. The van der Waals surface area contributed by atoms with Crippen molar-refractivity contribution in [3.8, 4) is 0 Å². The molecule has 0 aromatic carbocycles. The predicted molar refractivity (Wildman–Crippen MR) is 84.6 cm³/mol. The van der Waals surface area contributed by atoms with Crippen molar-refractivity contribution < 1.29 is 9.84 Å². The molecule has 0 radical (unpaired) electrons. The van der Waals surface area contributed by atoms with Crippen molar-refractivity contribution >= 4 is 11.6 Å². The number of nitrogens with zero attached hydrogens (tertiary/aromatic N) is 2. The Balaban J connectivity index is 2.33. The topological polar surface area (TPSA) is 47.3 Å². The number of hydrogen-bond donors (Lipinski definition) is 1. The molecular weight excluding hydrogens is 288 g/mol. The lowest BCUT2D eigenvalue weighted by atomic mass is 9.68. The van der Waals surface area contributed by atoms with Gasteiger partial charge in [0.15, 0.2) is 0 Å². The van der Waals surface area contributed by atoms with E-state index in [0.29, 0.717) is 16.1 Å². The van der Waals surface area contributed by atoms with Crippen LogP contribution in [0.15, 0.2) is 6.20 Å². The van der Waals surface area contributed by atoms with Gasteiger partial charge >= 0.3 is 0 Å². The van der Waals surface area contributed by atoms with E-state index in [0.717, 1.165) is 25.7 Å². The number of rotatable bonds is 4. The van der Waals surface area contributed by atoms with Crippen molar-refractivity contribution in [1.29, 1.82) is 0 Å². The molecule has 0 amide bonds. The Morgan fingerprint density at radius 2 is 1.86 bits per heavy atom. The smallest absolute Gasteiger partial charge is 0.126 e. The molecule has 1 aliphatic rings. The van der Waals surface area contributed by atoms with Crippen molar-refractivity contribution in [1.82, 2.24) is 9.78 Å². The summed E-state index contributed by atoms with van der Waals surface area (Å²) in [7, 11) is 1.69. The molecule has 0 aliphatic heterocycles. The molecule has 0 saturated heterocycles. The third kappa shape index (κ3) is 3.13. The second-order valence-electron chi connectivity index (χ2n) is 7.25. The first kappa shape index (κ1) is 16.8. The minimum Gasteiger partial charge on any atom is -0.384 e. The van der Waals surface area contributed by atoms with Gasteiger partial charge in [-0.15, -0.1) is 0 Å². The number of methoxy groups -OCH3 is 1. The van der Waals surface area contributed by atoms with Crippen LogP contribution < -0.4 is 0 Å². The van der Waals surface area contributed by atoms with Crippen LogP contribution in [0.5, 0.6) is 0 Å². The van der Waals surface area contributed by atoms with E-state index in [2.05, 4.69) is 18.9 Å². The van der Waals surface area contributed by atoms with Gasteiger partial charge in [-0.25, -0.2) is 0 Å². The third-order valence-electron chi connectivity index (χ3n) is 4.89. The molecule has 4 nitrogen and oxygen atoms in total. The van der Waals surface area contributed by atoms with E-state index in [1.165, 1.54) is 0 Å². The normalized spacial score (nSPS) is 22.5. The maximum absolute atomic E-state index is 11.0. The van der Waals surface area contributed by atoms with Gasteiger partial charge in [-0.1, -0.05) is 25.4 Å². The fourth-order valence-electron chi connectivity index (χ4n) is 3.21. The Bertz CT molecular complexity index is 486. The lowest BCUT2D eigenvalue weighted by molar-refractivity contribution is -0.141. The van der Waals surface area contributed by atoms with Crippen LogP contribution in [0.2, 0.25) is 5.02 Å². The monoisotopic (exact) mass is 314 g/mol. The SMILES string of the molecule is COC1(C(O)c2c(Cl)cnn2C(C)C)CCC(C)(C)CC1. The fraction of sp³-hybridized carbons (Fsp3) is 0.812. The summed E-state index contributed by atoms with van der Waals surface area (Å²) in [6.45, 7) is 8.60. The van der Waals surface area contributed by atoms with E-state index < -0.39 is 11.7 Å². The Hall–Kier alpha value is -0.580. The minimum atomic E-state index is -0.754. The van der Waals surface area contributed by atoms with Crippen LogP contribution in [0.25, 0.3) is 0 Å². The van der Waals surface area contributed by atoms with Crippen LogP contribution in [-0.2, 0) is 4.74 Å². The van der Waals surface area contributed by atoms with Crippen molar-refractivity contribution in [3.05, 3.63) is 16.9 Å². The zero-order valence-electron chi connectivity index (χ0n) is 13.7. The summed E-state index contributed by atoms with van der Waals surface area (Å²) >= 11 is 6.28. The lowest BCUT2D eigenvalue weighted by Crippen LogP contribution is -2.44. The summed E-state index contributed by atoms with van der Waals surface area (Å²) in [6, 6.07) is 0.149. The molecule has 0 bridgehead atoms. The zero-order valence-corrected chi connectivity index (χ0v) is 14.4. The maximum Gasteiger partial charge on any atom is 0.126 e. The second kappa shape index (κ2) is 5.90. The third-order valence-corrected chi connectivity index (χ3v) is 5.18. The first-order chi connectivity index (χ1) is 9.72. The van der Waals surface area contributed by atoms with Gasteiger partial charge < -0.3 is 9.84 Å². The van der Waals surface area contributed by atoms with Gasteiger partial charge in [-0.3, -0.25) is 4.68 Å². The average Bonchev–Trinajstić information content (AvgIpc) is 2.81. The molecule has 1 atom stereocenters. The van der Waals surface area contributed by atoms with E-state index in [-0.39, 0.29) is 6.04 Å². The van der Waals surface area contributed by atoms with Gasteiger partial charge in [0.1, 0.15) is 6.10 Å². The number of aliphatic hydroxyl groups excluding tert-OH is 1. The highest BCUT2D eigenvalue weighted by Crippen LogP contribution is 2.48. The number of hydrogen-bond acceptors (Lipinski definition) is 3. The second-order valence-corrected chi connectivity index (χ2v) is 7.66. The first-order valence-corrected chi connectivity index (χ1v) is 8.06. The largest absolute Gasteiger partial charge is 0.384 e. The van der Waals surface area contributed by atoms with Gasteiger partial charge in [0.2, 0.25) is 0 Å². The molecule has 5 heteroatoms. The van der Waals surface area contributed by atoms with E-state index in [9.17, 15) is 5.11 Å². The summed E-state index contributed by atoms with van der Waals surface area (Å²) in [5.74, 6) is 0. The molecule has 1 aromatic heterocycles. The van der Waals surface area contributed by atoms with Crippen LogP contribution in [0.3, 0.4) is 0 Å². The van der Waals surface area contributed by atoms with Gasteiger partial charge in [0.05, 0.1) is 22.5 Å². The highest BCUT2D eigenvalue weighted by Gasteiger charge is 2.46. The summed E-state index contributed by atoms with van der Waals surface area (Å²) < 4.78 is 7.60. The number of aliphatic hydroxyl groups is 1. The van der Waals surface area contributed by atoms with Crippen molar-refractivity contribution in [3.63, 3.8) is 0 Å².